The molecule has 1 heterocycles. The second-order valence-corrected chi connectivity index (χ2v) is 5.60. The van der Waals surface area contributed by atoms with Gasteiger partial charge in [0.15, 0.2) is 0 Å². The number of thiazole rings is 1. The molecule has 0 saturated carbocycles. The fraction of sp³-hybridized carbons (Fsp3) is 0.692. The molecule has 5 heteroatoms. The first-order valence-electron chi connectivity index (χ1n) is 6.49. The fourth-order valence-electron chi connectivity index (χ4n) is 1.50. The molecule has 2 N–H and O–H groups in total. The van der Waals surface area contributed by atoms with Crippen molar-refractivity contribution in [2.45, 2.75) is 39.5 Å². The number of carbonyl (C=O) groups is 1. The summed E-state index contributed by atoms with van der Waals surface area (Å²) in [5, 5.41) is 9.49. The summed E-state index contributed by atoms with van der Waals surface area (Å²) < 4.78 is 0. The molecule has 0 aliphatic rings. The Bertz CT molecular complexity index is 363. The van der Waals surface area contributed by atoms with Crippen LogP contribution in [0.1, 0.15) is 43.8 Å². The van der Waals surface area contributed by atoms with Gasteiger partial charge in [-0.1, -0.05) is 13.8 Å². The molecule has 0 spiro atoms. The van der Waals surface area contributed by atoms with E-state index in [0.717, 1.165) is 32.5 Å². The minimum Gasteiger partial charge on any atom is -0.356 e. The van der Waals surface area contributed by atoms with Crippen LogP contribution in [-0.4, -0.2) is 30.5 Å². The van der Waals surface area contributed by atoms with Crippen LogP contribution in [0.4, 0.5) is 0 Å². The molecule has 0 saturated heterocycles. The fourth-order valence-corrected chi connectivity index (χ4v) is 2.46. The minimum absolute atomic E-state index is 0.0407. The molecular formula is C13H23N3OS. The Morgan fingerprint density at radius 3 is 2.78 bits per heavy atom. The molecule has 0 aliphatic heterocycles. The summed E-state index contributed by atoms with van der Waals surface area (Å²) in [6, 6.07) is 0. The average molecular weight is 269 g/mol. The average Bonchev–Trinajstić information content (AvgIpc) is 2.76. The molecule has 102 valence electrons. The highest BCUT2D eigenvalue weighted by Gasteiger charge is 2.04. The first-order valence-corrected chi connectivity index (χ1v) is 7.37. The SMILES string of the molecule is CC(=O)NCCCNCCc1nc(C(C)C)cs1. The topological polar surface area (TPSA) is 54.0 Å². The van der Waals surface area contributed by atoms with Gasteiger partial charge in [0.05, 0.1) is 10.7 Å². The monoisotopic (exact) mass is 269 g/mol. The largest absolute Gasteiger partial charge is 0.356 e. The van der Waals surface area contributed by atoms with Crippen molar-refractivity contribution in [2.75, 3.05) is 19.6 Å². The molecule has 0 fully saturated rings. The van der Waals surface area contributed by atoms with Gasteiger partial charge in [-0.15, -0.1) is 11.3 Å². The predicted octanol–water partition coefficient (Wildman–Crippen LogP) is 1.92. The van der Waals surface area contributed by atoms with Crippen LogP contribution in [0, 0.1) is 0 Å². The predicted molar refractivity (Wildman–Crippen MR) is 76.1 cm³/mol. The highest BCUT2D eigenvalue weighted by atomic mass is 32.1. The van der Waals surface area contributed by atoms with Gasteiger partial charge in [-0.05, 0) is 18.9 Å². The second-order valence-electron chi connectivity index (χ2n) is 4.66. The molecule has 0 unspecified atom stereocenters. The van der Waals surface area contributed by atoms with E-state index in [1.807, 2.05) is 0 Å². The molecule has 4 nitrogen and oxygen atoms in total. The summed E-state index contributed by atoms with van der Waals surface area (Å²) >= 11 is 1.74. The number of aromatic nitrogens is 1. The summed E-state index contributed by atoms with van der Waals surface area (Å²) in [4.78, 5) is 15.2. The van der Waals surface area contributed by atoms with Gasteiger partial charge in [0.1, 0.15) is 0 Å². The van der Waals surface area contributed by atoms with Crippen LogP contribution in [0.3, 0.4) is 0 Å². The number of rotatable bonds is 8. The maximum atomic E-state index is 10.6. The van der Waals surface area contributed by atoms with Gasteiger partial charge in [0.2, 0.25) is 5.91 Å². The molecule has 0 bridgehead atoms. The van der Waals surface area contributed by atoms with Gasteiger partial charge >= 0.3 is 0 Å². The minimum atomic E-state index is 0.0407. The maximum absolute atomic E-state index is 10.6. The third-order valence-corrected chi connectivity index (χ3v) is 3.51. The Hall–Kier alpha value is -0.940. The van der Waals surface area contributed by atoms with Crippen LogP contribution < -0.4 is 10.6 Å². The van der Waals surface area contributed by atoms with Crippen LogP contribution >= 0.6 is 11.3 Å². The first-order chi connectivity index (χ1) is 8.59. The third kappa shape index (κ3) is 6.12. The highest BCUT2D eigenvalue weighted by Crippen LogP contribution is 2.17. The van der Waals surface area contributed by atoms with E-state index in [2.05, 4.69) is 34.8 Å². The molecular weight excluding hydrogens is 246 g/mol. The quantitative estimate of drug-likeness (QED) is 0.709. The lowest BCUT2D eigenvalue weighted by atomic mass is 10.2. The Morgan fingerprint density at radius 2 is 2.17 bits per heavy atom. The molecule has 0 atom stereocenters. The van der Waals surface area contributed by atoms with Crippen molar-refractivity contribution in [3.63, 3.8) is 0 Å². The number of hydrogen-bond acceptors (Lipinski definition) is 4. The third-order valence-electron chi connectivity index (χ3n) is 2.58. The van der Waals surface area contributed by atoms with E-state index < -0.39 is 0 Å². The molecule has 1 rings (SSSR count). The van der Waals surface area contributed by atoms with E-state index in [-0.39, 0.29) is 5.91 Å². The lowest BCUT2D eigenvalue weighted by Gasteiger charge is -2.04. The molecule has 1 aromatic heterocycles. The van der Waals surface area contributed by atoms with Crippen molar-refractivity contribution < 1.29 is 4.79 Å². The van der Waals surface area contributed by atoms with E-state index >= 15 is 0 Å². The standard InChI is InChI=1S/C13H23N3OS/c1-10(2)12-9-18-13(16-12)5-8-14-6-4-7-15-11(3)17/h9-10,14H,4-8H2,1-3H3,(H,15,17). The zero-order chi connectivity index (χ0) is 13.4. The Balaban J connectivity index is 2.05. The van der Waals surface area contributed by atoms with Crippen molar-refractivity contribution in [3.05, 3.63) is 16.1 Å². The number of carbonyl (C=O) groups excluding carboxylic acids is 1. The van der Waals surface area contributed by atoms with Crippen LogP contribution in [0.15, 0.2) is 5.38 Å². The molecule has 1 aromatic rings. The van der Waals surface area contributed by atoms with Gasteiger partial charge in [-0.25, -0.2) is 4.98 Å². The molecule has 1 amide bonds. The Labute approximate surface area is 113 Å². The Morgan fingerprint density at radius 1 is 1.39 bits per heavy atom. The first kappa shape index (κ1) is 15.1. The van der Waals surface area contributed by atoms with Crippen molar-refractivity contribution in [2.24, 2.45) is 0 Å². The van der Waals surface area contributed by atoms with Crippen molar-refractivity contribution >= 4 is 17.2 Å². The van der Waals surface area contributed by atoms with E-state index in [9.17, 15) is 4.79 Å². The second kappa shape index (κ2) is 8.21. The van der Waals surface area contributed by atoms with E-state index in [4.69, 9.17) is 0 Å². The lowest BCUT2D eigenvalue weighted by Crippen LogP contribution is -2.26. The van der Waals surface area contributed by atoms with Gasteiger partial charge < -0.3 is 10.6 Å². The van der Waals surface area contributed by atoms with E-state index in [1.165, 1.54) is 10.7 Å². The van der Waals surface area contributed by atoms with Gasteiger partial charge in [-0.3, -0.25) is 4.79 Å². The highest BCUT2D eigenvalue weighted by molar-refractivity contribution is 7.09. The summed E-state index contributed by atoms with van der Waals surface area (Å²) in [6.07, 6.45) is 1.95. The van der Waals surface area contributed by atoms with Crippen LogP contribution in [0.25, 0.3) is 0 Å². The number of hydrogen-bond donors (Lipinski definition) is 2. The van der Waals surface area contributed by atoms with Crippen LogP contribution in [0.2, 0.25) is 0 Å². The zero-order valence-corrected chi connectivity index (χ0v) is 12.3. The van der Waals surface area contributed by atoms with Gasteiger partial charge in [-0.2, -0.15) is 0 Å². The van der Waals surface area contributed by atoms with Crippen LogP contribution in [0.5, 0.6) is 0 Å². The summed E-state index contributed by atoms with van der Waals surface area (Å²) in [6.45, 7) is 8.51. The van der Waals surface area contributed by atoms with Crippen LogP contribution in [-0.2, 0) is 11.2 Å². The number of nitrogens with one attached hydrogen (secondary N) is 2. The van der Waals surface area contributed by atoms with Crippen molar-refractivity contribution in [1.29, 1.82) is 0 Å². The normalized spacial score (nSPS) is 10.9. The Kier molecular flexibility index (Phi) is 6.90. The smallest absolute Gasteiger partial charge is 0.216 e. The van der Waals surface area contributed by atoms with Crippen molar-refractivity contribution in [1.82, 2.24) is 15.6 Å². The van der Waals surface area contributed by atoms with Gasteiger partial charge in [0.25, 0.3) is 0 Å². The van der Waals surface area contributed by atoms with E-state index in [0.29, 0.717) is 5.92 Å². The summed E-state index contributed by atoms with van der Waals surface area (Å²) in [7, 11) is 0. The molecule has 0 radical (unpaired) electrons. The summed E-state index contributed by atoms with van der Waals surface area (Å²) in [5.41, 5.74) is 1.20. The maximum Gasteiger partial charge on any atom is 0.216 e. The zero-order valence-electron chi connectivity index (χ0n) is 11.5. The number of nitrogens with zero attached hydrogens (tertiary/aromatic N) is 1. The molecule has 0 aromatic carbocycles. The lowest BCUT2D eigenvalue weighted by molar-refractivity contribution is -0.118. The summed E-state index contributed by atoms with van der Waals surface area (Å²) in [5.74, 6) is 0.555. The van der Waals surface area contributed by atoms with Crippen molar-refractivity contribution in [3.8, 4) is 0 Å². The van der Waals surface area contributed by atoms with E-state index in [1.54, 1.807) is 18.3 Å². The molecule has 0 aliphatic carbocycles. The molecule has 18 heavy (non-hydrogen) atoms. The van der Waals surface area contributed by atoms with Gasteiger partial charge in [0, 0.05) is 31.8 Å². The number of amides is 1.